The molecule has 0 amide bonds. The van der Waals surface area contributed by atoms with Crippen molar-refractivity contribution in [3.05, 3.63) is 29.8 Å². The van der Waals surface area contributed by atoms with Crippen LogP contribution in [0, 0.1) is 30.1 Å². The molecule has 130 valence electrons. The van der Waals surface area contributed by atoms with Crippen molar-refractivity contribution in [2.75, 3.05) is 17.2 Å². The van der Waals surface area contributed by atoms with E-state index in [0.29, 0.717) is 11.6 Å². The van der Waals surface area contributed by atoms with Crippen molar-refractivity contribution >= 4 is 17.3 Å². The van der Waals surface area contributed by atoms with Crippen LogP contribution in [0.4, 0.5) is 17.3 Å². The first-order valence-corrected chi connectivity index (χ1v) is 8.71. The number of rotatable bonds is 5. The van der Waals surface area contributed by atoms with E-state index in [1.807, 2.05) is 19.1 Å². The van der Waals surface area contributed by atoms with Gasteiger partial charge >= 0.3 is 0 Å². The van der Waals surface area contributed by atoms with Crippen molar-refractivity contribution in [1.82, 2.24) is 20.2 Å². The summed E-state index contributed by atoms with van der Waals surface area (Å²) in [5.41, 5.74) is 2.14. The van der Waals surface area contributed by atoms with Crippen molar-refractivity contribution < 1.29 is 0 Å². The molecular formula is C18H23N7. The highest BCUT2D eigenvalue weighted by Gasteiger charge is 2.18. The molecule has 0 radical (unpaired) electrons. The predicted molar refractivity (Wildman–Crippen MR) is 96.4 cm³/mol. The molecule has 0 bridgehead atoms. The van der Waals surface area contributed by atoms with Crippen LogP contribution in [-0.4, -0.2) is 26.7 Å². The van der Waals surface area contributed by atoms with E-state index in [1.165, 1.54) is 38.1 Å². The first kappa shape index (κ1) is 17.1. The summed E-state index contributed by atoms with van der Waals surface area (Å²) in [4.78, 5) is 8.13. The van der Waals surface area contributed by atoms with E-state index < -0.39 is 0 Å². The number of anilines is 3. The highest BCUT2D eigenvalue weighted by Crippen LogP contribution is 2.29. The van der Waals surface area contributed by atoms with E-state index in [-0.39, 0.29) is 5.69 Å². The molecule has 2 aromatic rings. The Labute approximate surface area is 147 Å². The largest absolute Gasteiger partial charge is 0.383 e. The van der Waals surface area contributed by atoms with Gasteiger partial charge < -0.3 is 10.6 Å². The smallest absolute Gasteiger partial charge is 0.158 e. The van der Waals surface area contributed by atoms with Crippen molar-refractivity contribution in [1.29, 1.82) is 5.26 Å². The highest BCUT2D eigenvalue weighted by atomic mass is 15.2. The zero-order valence-electron chi connectivity index (χ0n) is 14.7. The minimum atomic E-state index is 0.282. The maximum absolute atomic E-state index is 8.76. The van der Waals surface area contributed by atoms with Crippen LogP contribution in [0.15, 0.2) is 18.5 Å². The molecule has 1 fully saturated rings. The van der Waals surface area contributed by atoms with Gasteiger partial charge in [0.05, 0.1) is 23.8 Å². The third-order valence-electron chi connectivity index (χ3n) is 4.63. The molecule has 1 aliphatic carbocycles. The average molecular weight is 337 g/mol. The summed E-state index contributed by atoms with van der Waals surface area (Å²) in [5.74, 6) is 2.68. The SMILES string of the molecule is Cc1nnc(Nc2cnc(C#N)cn2)cc1NCC1CCCC(C)C1. The van der Waals surface area contributed by atoms with Crippen molar-refractivity contribution in [2.24, 2.45) is 11.8 Å². The van der Waals surface area contributed by atoms with Gasteiger partial charge in [0.15, 0.2) is 11.5 Å². The fraction of sp³-hybridized carbons (Fsp3) is 0.500. The maximum atomic E-state index is 8.76. The highest BCUT2D eigenvalue weighted by molar-refractivity contribution is 5.59. The molecule has 2 aromatic heterocycles. The van der Waals surface area contributed by atoms with E-state index in [4.69, 9.17) is 5.26 Å². The number of nitrogens with one attached hydrogen (secondary N) is 2. The molecule has 0 spiro atoms. The average Bonchev–Trinajstić information content (AvgIpc) is 2.63. The molecule has 2 unspecified atom stereocenters. The molecule has 2 atom stereocenters. The van der Waals surface area contributed by atoms with Gasteiger partial charge in [-0.1, -0.05) is 19.8 Å². The normalized spacial score (nSPS) is 19.9. The third-order valence-corrected chi connectivity index (χ3v) is 4.63. The lowest BCUT2D eigenvalue weighted by molar-refractivity contribution is 0.293. The van der Waals surface area contributed by atoms with Crippen LogP contribution in [0.25, 0.3) is 0 Å². The maximum Gasteiger partial charge on any atom is 0.158 e. The molecule has 2 heterocycles. The standard InChI is InChI=1S/C18H23N7/c1-12-4-3-5-14(6-12)9-21-16-7-17(25-24-13(16)2)23-18-11-20-15(8-19)10-22-18/h7,10-12,14H,3-6,9H2,1-2H3,(H2,21,22,23,25). The molecule has 7 nitrogen and oxygen atoms in total. The zero-order valence-corrected chi connectivity index (χ0v) is 14.7. The second-order valence-electron chi connectivity index (χ2n) is 6.77. The van der Waals surface area contributed by atoms with Crippen molar-refractivity contribution in [3.8, 4) is 6.07 Å². The molecule has 0 aromatic carbocycles. The first-order valence-electron chi connectivity index (χ1n) is 8.71. The topological polar surface area (TPSA) is 99.4 Å². The molecule has 0 saturated heterocycles. The minimum Gasteiger partial charge on any atom is -0.383 e. The Bertz CT molecular complexity index is 751. The van der Waals surface area contributed by atoms with E-state index in [9.17, 15) is 0 Å². The van der Waals surface area contributed by atoms with Crippen LogP contribution >= 0.6 is 0 Å². The van der Waals surface area contributed by atoms with Crippen LogP contribution in [-0.2, 0) is 0 Å². The molecule has 0 aliphatic heterocycles. The second kappa shape index (κ2) is 7.88. The second-order valence-corrected chi connectivity index (χ2v) is 6.77. The summed E-state index contributed by atoms with van der Waals surface area (Å²) in [7, 11) is 0. The summed E-state index contributed by atoms with van der Waals surface area (Å²) in [6, 6.07) is 3.89. The Morgan fingerprint density at radius 3 is 2.80 bits per heavy atom. The number of aryl methyl sites for hydroxylation is 1. The quantitative estimate of drug-likeness (QED) is 0.862. The number of hydrogen-bond acceptors (Lipinski definition) is 7. The Kier molecular flexibility index (Phi) is 5.39. The molecule has 2 N–H and O–H groups in total. The minimum absolute atomic E-state index is 0.282. The summed E-state index contributed by atoms with van der Waals surface area (Å²) >= 11 is 0. The fourth-order valence-corrected chi connectivity index (χ4v) is 3.27. The predicted octanol–water partition coefficient (Wildman–Crippen LogP) is 3.43. The fourth-order valence-electron chi connectivity index (χ4n) is 3.27. The number of aromatic nitrogens is 4. The van der Waals surface area contributed by atoms with Gasteiger partial charge in [-0.25, -0.2) is 9.97 Å². The van der Waals surface area contributed by atoms with Crippen molar-refractivity contribution in [3.63, 3.8) is 0 Å². The van der Waals surface area contributed by atoms with Crippen LogP contribution < -0.4 is 10.6 Å². The Hall–Kier alpha value is -2.75. The lowest BCUT2D eigenvalue weighted by Gasteiger charge is -2.27. The third kappa shape index (κ3) is 4.63. The summed E-state index contributed by atoms with van der Waals surface area (Å²) < 4.78 is 0. The molecule has 7 heteroatoms. The molecule has 25 heavy (non-hydrogen) atoms. The Morgan fingerprint density at radius 2 is 2.08 bits per heavy atom. The van der Waals surface area contributed by atoms with Crippen LogP contribution in [0.2, 0.25) is 0 Å². The monoisotopic (exact) mass is 337 g/mol. The van der Waals surface area contributed by atoms with Crippen LogP contribution in [0.5, 0.6) is 0 Å². The molecule has 3 rings (SSSR count). The van der Waals surface area contributed by atoms with E-state index in [0.717, 1.165) is 29.8 Å². The van der Waals surface area contributed by atoms with Gasteiger partial charge in [0.25, 0.3) is 0 Å². The molecular weight excluding hydrogens is 314 g/mol. The van der Waals surface area contributed by atoms with Gasteiger partial charge in [-0.05, 0) is 31.6 Å². The summed E-state index contributed by atoms with van der Waals surface area (Å²) in [6.45, 7) is 5.25. The lowest BCUT2D eigenvalue weighted by Crippen LogP contribution is -2.21. The van der Waals surface area contributed by atoms with Crippen molar-refractivity contribution in [2.45, 2.75) is 39.5 Å². The summed E-state index contributed by atoms with van der Waals surface area (Å²) in [6.07, 6.45) is 8.19. The Balaban J connectivity index is 1.64. The van der Waals surface area contributed by atoms with E-state index in [2.05, 4.69) is 37.7 Å². The number of nitrogens with zero attached hydrogens (tertiary/aromatic N) is 5. The Morgan fingerprint density at radius 1 is 1.20 bits per heavy atom. The molecule has 1 aliphatic rings. The van der Waals surface area contributed by atoms with E-state index >= 15 is 0 Å². The van der Waals surface area contributed by atoms with E-state index in [1.54, 1.807) is 0 Å². The number of hydrogen-bond donors (Lipinski definition) is 2. The van der Waals surface area contributed by atoms with Gasteiger partial charge in [-0.2, -0.15) is 10.4 Å². The van der Waals surface area contributed by atoms with Gasteiger partial charge in [-0.3, -0.25) is 0 Å². The van der Waals surface area contributed by atoms with Gasteiger partial charge in [-0.15, -0.1) is 5.10 Å². The van der Waals surface area contributed by atoms with Crippen LogP contribution in [0.1, 0.15) is 44.0 Å². The molecule has 1 saturated carbocycles. The lowest BCUT2D eigenvalue weighted by atomic mass is 9.82. The number of nitriles is 1. The van der Waals surface area contributed by atoms with Gasteiger partial charge in [0.2, 0.25) is 0 Å². The summed E-state index contributed by atoms with van der Waals surface area (Å²) in [5, 5.41) is 23.7. The van der Waals surface area contributed by atoms with Crippen LogP contribution in [0.3, 0.4) is 0 Å². The van der Waals surface area contributed by atoms with Gasteiger partial charge in [0, 0.05) is 12.6 Å². The first-order chi connectivity index (χ1) is 12.1. The zero-order chi connectivity index (χ0) is 17.6. The van der Waals surface area contributed by atoms with Gasteiger partial charge in [0.1, 0.15) is 11.9 Å².